The Morgan fingerprint density at radius 2 is 2.04 bits per heavy atom. The molecule has 0 aromatic heterocycles. The smallest absolute Gasteiger partial charge is 0.246 e. The fourth-order valence-electron chi connectivity index (χ4n) is 2.64. The third-order valence-electron chi connectivity index (χ3n) is 4.28. The van der Waals surface area contributed by atoms with E-state index in [0.29, 0.717) is 5.96 Å². The van der Waals surface area contributed by atoms with E-state index in [2.05, 4.69) is 41.8 Å². The molecule has 2 rings (SSSR count). The van der Waals surface area contributed by atoms with Gasteiger partial charge in [-0.2, -0.15) is 11.8 Å². The van der Waals surface area contributed by atoms with Gasteiger partial charge in [0.2, 0.25) is 5.91 Å². The summed E-state index contributed by atoms with van der Waals surface area (Å²) in [6, 6.07) is 8.15. The minimum Gasteiger partial charge on any atom is -0.355 e. The molecule has 0 fully saturated rings. The first-order valence-corrected chi connectivity index (χ1v) is 9.57. The van der Waals surface area contributed by atoms with Crippen LogP contribution in [0.1, 0.15) is 25.8 Å². The van der Waals surface area contributed by atoms with Crippen LogP contribution in [0.4, 0.5) is 5.69 Å². The fourth-order valence-corrected chi connectivity index (χ4v) is 2.85. The molecule has 25 heavy (non-hydrogen) atoms. The molecule has 0 unspecified atom stereocenters. The Kier molecular flexibility index (Phi) is 9.06. The molecule has 1 aromatic rings. The van der Waals surface area contributed by atoms with E-state index < -0.39 is 0 Å². The van der Waals surface area contributed by atoms with Crippen LogP contribution in [0, 0.1) is 0 Å². The zero-order chi connectivity index (χ0) is 17.6. The Bertz CT molecular complexity index is 606. The van der Waals surface area contributed by atoms with Crippen LogP contribution in [-0.4, -0.2) is 49.6 Å². The molecule has 0 saturated heterocycles. The quantitative estimate of drug-likeness (QED) is 0.390. The van der Waals surface area contributed by atoms with Gasteiger partial charge in [-0.3, -0.25) is 9.79 Å². The number of benzene rings is 1. The van der Waals surface area contributed by atoms with Crippen LogP contribution in [0.5, 0.6) is 0 Å². The summed E-state index contributed by atoms with van der Waals surface area (Å²) in [4.78, 5) is 18.7. The van der Waals surface area contributed by atoms with Gasteiger partial charge in [-0.15, -0.1) is 24.0 Å². The lowest BCUT2D eigenvalue weighted by atomic mass is 10.0. The van der Waals surface area contributed by atoms with Crippen molar-refractivity contribution in [3.8, 4) is 0 Å². The summed E-state index contributed by atoms with van der Waals surface area (Å²) in [5.74, 6) is 0.741. The number of anilines is 1. The van der Waals surface area contributed by atoms with Crippen LogP contribution in [-0.2, 0) is 11.2 Å². The summed E-state index contributed by atoms with van der Waals surface area (Å²) in [6.45, 7) is 6.16. The first kappa shape index (κ1) is 22.1. The topological polar surface area (TPSA) is 56.7 Å². The number of aliphatic imine (C=N–C) groups is 1. The highest BCUT2D eigenvalue weighted by atomic mass is 127. The monoisotopic (exact) mass is 476 g/mol. The zero-order valence-corrected chi connectivity index (χ0v) is 18.6. The van der Waals surface area contributed by atoms with E-state index in [9.17, 15) is 4.79 Å². The maximum atomic E-state index is 12.6. The van der Waals surface area contributed by atoms with Crippen molar-refractivity contribution in [1.82, 2.24) is 10.6 Å². The standard InChI is InChI=1S/C18H28N4OS.HI/c1-18(2,24-4)13-21-17(19-3)20-12-16(23)22-11-7-9-14-8-5-6-10-15(14)22;/h5-6,8,10H,7,9,11-13H2,1-4H3,(H2,19,20,21);1H. The molecule has 0 bridgehead atoms. The lowest BCUT2D eigenvalue weighted by molar-refractivity contribution is -0.117. The minimum atomic E-state index is 0. The average molecular weight is 476 g/mol. The van der Waals surface area contributed by atoms with Crippen LogP contribution < -0.4 is 15.5 Å². The van der Waals surface area contributed by atoms with Crippen molar-refractivity contribution in [1.29, 1.82) is 0 Å². The molecule has 140 valence electrons. The first-order chi connectivity index (χ1) is 11.5. The number of carbonyl (C=O) groups is 1. The van der Waals surface area contributed by atoms with E-state index >= 15 is 0 Å². The van der Waals surface area contributed by atoms with Gasteiger partial charge in [-0.05, 0) is 44.6 Å². The Labute approximate surface area is 172 Å². The lowest BCUT2D eigenvalue weighted by Crippen LogP contribution is -2.48. The van der Waals surface area contributed by atoms with Gasteiger partial charge in [0, 0.05) is 30.6 Å². The maximum Gasteiger partial charge on any atom is 0.246 e. The van der Waals surface area contributed by atoms with Gasteiger partial charge in [0.15, 0.2) is 5.96 Å². The first-order valence-electron chi connectivity index (χ1n) is 8.35. The summed E-state index contributed by atoms with van der Waals surface area (Å²) in [6.07, 6.45) is 4.15. The zero-order valence-electron chi connectivity index (χ0n) is 15.5. The van der Waals surface area contributed by atoms with Gasteiger partial charge in [0.25, 0.3) is 0 Å². The molecule has 0 aliphatic carbocycles. The van der Waals surface area contributed by atoms with Crippen molar-refractivity contribution < 1.29 is 4.79 Å². The number of guanidine groups is 1. The van der Waals surface area contributed by atoms with Gasteiger partial charge < -0.3 is 15.5 Å². The number of carbonyl (C=O) groups excluding carboxylic acids is 1. The number of para-hydroxylation sites is 1. The fraction of sp³-hybridized carbons (Fsp3) is 0.556. The van der Waals surface area contributed by atoms with E-state index in [-0.39, 0.29) is 41.2 Å². The Morgan fingerprint density at radius 1 is 1.32 bits per heavy atom. The SMILES string of the molecule is CN=C(NCC(=O)N1CCCc2ccccc21)NCC(C)(C)SC.I. The van der Waals surface area contributed by atoms with Gasteiger partial charge in [-0.25, -0.2) is 0 Å². The molecule has 1 aromatic carbocycles. The number of aryl methyl sites for hydroxylation is 1. The number of halogens is 1. The number of nitrogens with one attached hydrogen (secondary N) is 2. The van der Waals surface area contributed by atoms with Crippen molar-refractivity contribution in [2.75, 3.05) is 37.8 Å². The summed E-state index contributed by atoms with van der Waals surface area (Å²) < 4.78 is 0.118. The second-order valence-corrected chi connectivity index (χ2v) is 8.03. The van der Waals surface area contributed by atoms with Crippen LogP contribution in [0.2, 0.25) is 0 Å². The molecule has 1 aliphatic rings. The number of fused-ring (bicyclic) bond motifs is 1. The molecular weight excluding hydrogens is 447 g/mol. The highest BCUT2D eigenvalue weighted by molar-refractivity contribution is 14.0. The van der Waals surface area contributed by atoms with E-state index in [0.717, 1.165) is 31.6 Å². The highest BCUT2D eigenvalue weighted by Crippen LogP contribution is 2.26. The second kappa shape index (κ2) is 10.3. The molecule has 1 aliphatic heterocycles. The molecule has 5 nitrogen and oxygen atoms in total. The summed E-state index contributed by atoms with van der Waals surface area (Å²) >= 11 is 1.80. The van der Waals surface area contributed by atoms with Crippen molar-refractivity contribution in [2.45, 2.75) is 31.4 Å². The highest BCUT2D eigenvalue weighted by Gasteiger charge is 2.22. The van der Waals surface area contributed by atoms with E-state index in [1.54, 1.807) is 18.8 Å². The minimum absolute atomic E-state index is 0. The molecule has 0 spiro atoms. The third-order valence-corrected chi connectivity index (χ3v) is 5.53. The molecule has 0 saturated carbocycles. The molecule has 1 amide bonds. The number of hydrogen-bond acceptors (Lipinski definition) is 3. The number of hydrogen-bond donors (Lipinski definition) is 2. The van der Waals surface area contributed by atoms with E-state index in [4.69, 9.17) is 0 Å². The predicted molar refractivity (Wildman–Crippen MR) is 119 cm³/mol. The van der Waals surface area contributed by atoms with Crippen LogP contribution in [0.15, 0.2) is 29.3 Å². The number of nitrogens with zero attached hydrogens (tertiary/aromatic N) is 2. The largest absolute Gasteiger partial charge is 0.355 e. The Hall–Kier alpha value is -0.960. The molecular formula is C18H29IN4OS. The van der Waals surface area contributed by atoms with Gasteiger partial charge in [0.1, 0.15) is 0 Å². The average Bonchev–Trinajstić information content (AvgIpc) is 2.61. The summed E-state index contributed by atoms with van der Waals surface area (Å²) in [5, 5.41) is 6.42. The number of thioether (sulfide) groups is 1. The van der Waals surface area contributed by atoms with E-state index in [1.165, 1.54) is 5.56 Å². The van der Waals surface area contributed by atoms with Gasteiger partial charge in [0.05, 0.1) is 6.54 Å². The van der Waals surface area contributed by atoms with Crippen LogP contribution in [0.25, 0.3) is 0 Å². The van der Waals surface area contributed by atoms with Crippen molar-refractivity contribution in [3.63, 3.8) is 0 Å². The molecule has 7 heteroatoms. The maximum absolute atomic E-state index is 12.6. The number of amides is 1. The second-order valence-electron chi connectivity index (χ2n) is 6.52. The normalized spacial score (nSPS) is 14.4. The van der Waals surface area contributed by atoms with Crippen LogP contribution >= 0.6 is 35.7 Å². The molecule has 2 N–H and O–H groups in total. The van der Waals surface area contributed by atoms with E-state index in [1.807, 2.05) is 23.1 Å². The van der Waals surface area contributed by atoms with Gasteiger partial charge in [-0.1, -0.05) is 18.2 Å². The third kappa shape index (κ3) is 6.36. The Balaban J connectivity index is 0.00000312. The van der Waals surface area contributed by atoms with Crippen molar-refractivity contribution >= 4 is 53.3 Å². The summed E-state index contributed by atoms with van der Waals surface area (Å²) in [5.41, 5.74) is 2.29. The summed E-state index contributed by atoms with van der Waals surface area (Å²) in [7, 11) is 1.72. The Morgan fingerprint density at radius 3 is 2.72 bits per heavy atom. The number of rotatable bonds is 5. The lowest BCUT2D eigenvalue weighted by Gasteiger charge is -2.30. The van der Waals surface area contributed by atoms with Crippen LogP contribution in [0.3, 0.4) is 0 Å². The predicted octanol–water partition coefficient (Wildman–Crippen LogP) is 2.89. The molecule has 0 atom stereocenters. The molecule has 0 radical (unpaired) electrons. The van der Waals surface area contributed by atoms with Crippen molar-refractivity contribution in [2.24, 2.45) is 4.99 Å². The molecule has 1 heterocycles. The van der Waals surface area contributed by atoms with Crippen molar-refractivity contribution in [3.05, 3.63) is 29.8 Å². The van der Waals surface area contributed by atoms with Gasteiger partial charge >= 0.3 is 0 Å².